The van der Waals surface area contributed by atoms with Crippen LogP contribution in [-0.4, -0.2) is 57.4 Å². The molecule has 3 aromatic rings. The van der Waals surface area contributed by atoms with Gasteiger partial charge < -0.3 is 20.1 Å². The van der Waals surface area contributed by atoms with Gasteiger partial charge in [-0.2, -0.15) is 0 Å². The van der Waals surface area contributed by atoms with E-state index in [1.54, 1.807) is 19.2 Å². The third-order valence-corrected chi connectivity index (χ3v) is 4.57. The number of halogens is 1. The van der Waals surface area contributed by atoms with E-state index in [2.05, 4.69) is 25.5 Å². The number of hydrogen-bond donors (Lipinski definition) is 2. The van der Waals surface area contributed by atoms with Gasteiger partial charge in [-0.1, -0.05) is 5.21 Å². The van der Waals surface area contributed by atoms with Crippen molar-refractivity contribution in [3.05, 3.63) is 53.9 Å². The van der Waals surface area contributed by atoms with E-state index in [9.17, 15) is 9.18 Å². The maximum atomic E-state index is 14.2. The van der Waals surface area contributed by atoms with Gasteiger partial charge in [0.05, 0.1) is 42.7 Å². The third-order valence-electron chi connectivity index (χ3n) is 4.57. The van der Waals surface area contributed by atoms with E-state index in [1.165, 1.54) is 23.0 Å². The van der Waals surface area contributed by atoms with Crippen molar-refractivity contribution in [1.29, 1.82) is 0 Å². The molecule has 0 saturated carbocycles. The van der Waals surface area contributed by atoms with Crippen molar-refractivity contribution in [1.82, 2.24) is 20.0 Å². The second-order valence-corrected chi connectivity index (χ2v) is 6.60. The zero-order valence-corrected chi connectivity index (χ0v) is 15.7. The molecule has 0 bridgehead atoms. The van der Waals surface area contributed by atoms with Crippen LogP contribution in [-0.2, 0) is 4.74 Å². The van der Waals surface area contributed by atoms with Crippen LogP contribution in [0.25, 0.3) is 5.69 Å². The van der Waals surface area contributed by atoms with Gasteiger partial charge in [-0.25, -0.2) is 13.9 Å². The Labute approximate surface area is 165 Å². The average Bonchev–Trinajstić information content (AvgIpc) is 3.20. The Kier molecular flexibility index (Phi) is 5.09. The molecule has 2 N–H and O–H groups in total. The van der Waals surface area contributed by atoms with Crippen LogP contribution in [0.5, 0.6) is 0 Å². The fourth-order valence-corrected chi connectivity index (χ4v) is 3.12. The number of carboxylic acid groups (broad SMARTS) is 1. The molecule has 1 aliphatic heterocycles. The van der Waals surface area contributed by atoms with Crippen LogP contribution in [0.2, 0.25) is 0 Å². The minimum Gasteiger partial charge on any atom is -0.476 e. The third kappa shape index (κ3) is 4.16. The van der Waals surface area contributed by atoms with Crippen LogP contribution in [0.3, 0.4) is 0 Å². The summed E-state index contributed by atoms with van der Waals surface area (Å²) < 4.78 is 20.9. The number of carbonyl (C=O) groups is 1. The predicted molar refractivity (Wildman–Crippen MR) is 104 cm³/mol. The second-order valence-electron chi connectivity index (χ2n) is 6.60. The van der Waals surface area contributed by atoms with Gasteiger partial charge in [-0.3, -0.25) is 4.98 Å². The molecule has 150 valence electrons. The van der Waals surface area contributed by atoms with E-state index in [1.807, 2.05) is 6.07 Å². The van der Waals surface area contributed by atoms with E-state index in [4.69, 9.17) is 9.84 Å². The number of ether oxygens (including phenoxy) is 1. The molecule has 1 aromatic carbocycles. The van der Waals surface area contributed by atoms with E-state index in [0.29, 0.717) is 49.1 Å². The topological polar surface area (TPSA) is 105 Å². The summed E-state index contributed by atoms with van der Waals surface area (Å²) in [6, 6.07) is 6.52. The average molecular weight is 398 g/mol. The number of nitrogens with one attached hydrogen (secondary N) is 1. The molecular formula is C19H19FN6O3. The summed E-state index contributed by atoms with van der Waals surface area (Å²) in [7, 11) is 0. The lowest BCUT2D eigenvalue weighted by atomic mass is 10.2. The number of aromatic carboxylic acids is 1. The van der Waals surface area contributed by atoms with Crippen molar-refractivity contribution in [3.8, 4) is 5.69 Å². The molecular weight excluding hydrogens is 379 g/mol. The number of aryl methyl sites for hydroxylation is 1. The number of carboxylic acids is 1. The van der Waals surface area contributed by atoms with Crippen molar-refractivity contribution in [2.24, 2.45) is 0 Å². The first-order valence-corrected chi connectivity index (χ1v) is 9.02. The first-order valence-electron chi connectivity index (χ1n) is 9.02. The molecule has 0 aliphatic carbocycles. The van der Waals surface area contributed by atoms with Gasteiger partial charge in [0, 0.05) is 24.5 Å². The Hall–Kier alpha value is -3.53. The van der Waals surface area contributed by atoms with Crippen LogP contribution >= 0.6 is 0 Å². The molecule has 9 nitrogen and oxygen atoms in total. The number of morpholine rings is 1. The molecule has 0 atom stereocenters. The van der Waals surface area contributed by atoms with Crippen LogP contribution in [0.15, 0.2) is 36.7 Å². The highest BCUT2D eigenvalue weighted by Crippen LogP contribution is 2.26. The number of benzene rings is 1. The number of rotatable bonds is 5. The maximum Gasteiger partial charge on any atom is 0.358 e. The van der Waals surface area contributed by atoms with Gasteiger partial charge in [0.25, 0.3) is 0 Å². The largest absolute Gasteiger partial charge is 0.476 e. The summed E-state index contributed by atoms with van der Waals surface area (Å²) in [5.41, 5.74) is 3.01. The number of aromatic nitrogens is 4. The van der Waals surface area contributed by atoms with Crippen LogP contribution in [0.1, 0.15) is 16.2 Å². The second kappa shape index (κ2) is 7.84. The maximum absolute atomic E-state index is 14.2. The molecule has 0 radical (unpaired) electrons. The molecule has 0 spiro atoms. The molecule has 10 heteroatoms. The minimum atomic E-state index is -1.16. The normalized spacial score (nSPS) is 14.1. The fourth-order valence-electron chi connectivity index (χ4n) is 3.12. The smallest absolute Gasteiger partial charge is 0.358 e. The van der Waals surface area contributed by atoms with E-state index in [-0.39, 0.29) is 11.5 Å². The summed E-state index contributed by atoms with van der Waals surface area (Å²) >= 11 is 0. The van der Waals surface area contributed by atoms with Crippen LogP contribution in [0.4, 0.5) is 21.5 Å². The Morgan fingerprint density at radius 1 is 1.21 bits per heavy atom. The zero-order chi connectivity index (χ0) is 20.4. The van der Waals surface area contributed by atoms with Crippen molar-refractivity contribution in [3.63, 3.8) is 0 Å². The highest BCUT2D eigenvalue weighted by molar-refractivity contribution is 5.84. The molecule has 1 fully saturated rings. The van der Waals surface area contributed by atoms with Crippen molar-refractivity contribution in [2.75, 3.05) is 36.5 Å². The van der Waals surface area contributed by atoms with Crippen molar-refractivity contribution >= 4 is 23.0 Å². The minimum absolute atomic E-state index is 0.164. The predicted octanol–water partition coefficient (Wildman–Crippen LogP) is 2.39. The molecule has 0 amide bonds. The molecule has 4 rings (SSSR count). The Bertz CT molecular complexity index is 1050. The lowest BCUT2D eigenvalue weighted by molar-refractivity contribution is 0.0690. The first-order chi connectivity index (χ1) is 14.0. The SMILES string of the molecule is Cc1ncc(Nc2cc(F)cc(N3CCOCC3)c2)cc1-n1cc(C(=O)O)nn1. The van der Waals surface area contributed by atoms with E-state index >= 15 is 0 Å². The number of anilines is 3. The monoisotopic (exact) mass is 398 g/mol. The standard InChI is InChI=1S/C19H19FN6O3/c1-12-18(26-11-17(19(27)28)23-24-26)9-15(10-21-12)22-14-6-13(20)7-16(8-14)25-2-4-29-5-3-25/h6-11,22H,2-5H2,1H3,(H,27,28). The molecule has 1 saturated heterocycles. The Balaban J connectivity index is 1.61. The molecule has 3 heterocycles. The van der Waals surface area contributed by atoms with Crippen molar-refractivity contribution < 1.29 is 19.0 Å². The van der Waals surface area contributed by atoms with Gasteiger partial charge in [-0.15, -0.1) is 5.10 Å². The molecule has 29 heavy (non-hydrogen) atoms. The van der Waals surface area contributed by atoms with Crippen molar-refractivity contribution in [2.45, 2.75) is 6.92 Å². The summed E-state index contributed by atoms with van der Waals surface area (Å²) in [5, 5.41) is 19.7. The Morgan fingerprint density at radius 2 is 2.00 bits per heavy atom. The molecule has 1 aliphatic rings. The lowest BCUT2D eigenvalue weighted by Gasteiger charge is -2.29. The van der Waals surface area contributed by atoms with Gasteiger partial charge in [0.2, 0.25) is 0 Å². The quantitative estimate of drug-likeness (QED) is 0.675. The van der Waals surface area contributed by atoms with Gasteiger partial charge >= 0.3 is 5.97 Å². The summed E-state index contributed by atoms with van der Waals surface area (Å²) in [6.45, 7) is 4.41. The summed E-state index contributed by atoms with van der Waals surface area (Å²) in [5.74, 6) is -1.51. The molecule has 2 aromatic heterocycles. The fraction of sp³-hybridized carbons (Fsp3) is 0.263. The summed E-state index contributed by atoms with van der Waals surface area (Å²) in [6.07, 6.45) is 2.93. The van der Waals surface area contributed by atoms with Crippen LogP contribution in [0, 0.1) is 12.7 Å². The van der Waals surface area contributed by atoms with Gasteiger partial charge in [-0.05, 0) is 31.2 Å². The number of nitrogens with zero attached hydrogens (tertiary/aromatic N) is 5. The first kappa shape index (κ1) is 18.8. The van der Waals surface area contributed by atoms with Gasteiger partial charge in [0.15, 0.2) is 5.69 Å². The van der Waals surface area contributed by atoms with E-state index in [0.717, 1.165) is 5.69 Å². The molecule has 0 unspecified atom stereocenters. The van der Waals surface area contributed by atoms with Gasteiger partial charge in [0.1, 0.15) is 5.82 Å². The lowest BCUT2D eigenvalue weighted by Crippen LogP contribution is -2.36. The number of pyridine rings is 1. The highest BCUT2D eigenvalue weighted by Gasteiger charge is 2.14. The Morgan fingerprint density at radius 3 is 2.72 bits per heavy atom. The van der Waals surface area contributed by atoms with Crippen LogP contribution < -0.4 is 10.2 Å². The van der Waals surface area contributed by atoms with E-state index < -0.39 is 5.97 Å². The zero-order valence-electron chi connectivity index (χ0n) is 15.7. The summed E-state index contributed by atoms with van der Waals surface area (Å²) in [4.78, 5) is 17.4. The number of hydrogen-bond acceptors (Lipinski definition) is 7. The highest BCUT2D eigenvalue weighted by atomic mass is 19.1.